The average Bonchev–Trinajstić information content (AvgIpc) is 2.39. The summed E-state index contributed by atoms with van der Waals surface area (Å²) < 4.78 is 39.3. The van der Waals surface area contributed by atoms with Crippen molar-refractivity contribution in [1.82, 2.24) is 0 Å². The van der Waals surface area contributed by atoms with Gasteiger partial charge in [0.2, 0.25) is 0 Å². The van der Waals surface area contributed by atoms with Gasteiger partial charge in [-0.2, -0.15) is 8.78 Å². The van der Waals surface area contributed by atoms with Crippen LogP contribution in [-0.2, 0) is 4.57 Å². The van der Waals surface area contributed by atoms with Gasteiger partial charge in [0.15, 0.2) is 0 Å². The Balaban J connectivity index is 3.20. The summed E-state index contributed by atoms with van der Waals surface area (Å²) in [5, 5.41) is 0. The Hall–Kier alpha value is -0.990. The molecule has 0 saturated heterocycles. The minimum atomic E-state index is -4.48. The van der Waals surface area contributed by atoms with Crippen molar-refractivity contribution in [2.24, 2.45) is 0 Å². The fourth-order valence-corrected chi connectivity index (χ4v) is 2.52. The van der Waals surface area contributed by atoms with Crippen LogP contribution in [0.3, 0.4) is 0 Å². The van der Waals surface area contributed by atoms with Gasteiger partial charge in [-0.1, -0.05) is 50.6 Å². The van der Waals surface area contributed by atoms with Crippen molar-refractivity contribution in [3.63, 3.8) is 0 Å². The quantitative estimate of drug-likeness (QED) is 0.767. The van der Waals surface area contributed by atoms with E-state index in [1.807, 2.05) is 6.92 Å². The molecule has 1 atom stereocenters. The highest BCUT2D eigenvalue weighted by Gasteiger charge is 2.45. The van der Waals surface area contributed by atoms with Crippen molar-refractivity contribution in [1.29, 1.82) is 0 Å². The van der Waals surface area contributed by atoms with E-state index in [1.165, 1.54) is 6.92 Å². The normalized spacial score (nSPS) is 16.2. The zero-order valence-corrected chi connectivity index (χ0v) is 12.0. The molecule has 0 aliphatic heterocycles. The van der Waals surface area contributed by atoms with Crippen LogP contribution in [0.4, 0.5) is 8.78 Å². The van der Waals surface area contributed by atoms with Crippen molar-refractivity contribution in [2.45, 2.75) is 32.4 Å². The smallest absolute Gasteiger partial charge is 0.340 e. The molecule has 1 rings (SSSR count). The van der Waals surface area contributed by atoms with E-state index in [9.17, 15) is 18.2 Å². The molecular weight excluding hydrogens is 269 g/mol. The Morgan fingerprint density at radius 1 is 1.32 bits per heavy atom. The van der Waals surface area contributed by atoms with E-state index in [-0.39, 0.29) is 0 Å². The summed E-state index contributed by atoms with van der Waals surface area (Å²) in [7, 11) is -4.48. The monoisotopic (exact) mass is 288 g/mol. The third-order valence-corrected chi connectivity index (χ3v) is 4.82. The summed E-state index contributed by atoms with van der Waals surface area (Å²) in [6.45, 7) is 3.18. The first-order chi connectivity index (χ1) is 8.84. The highest BCUT2D eigenvalue weighted by atomic mass is 31.2. The SMILES string of the molecule is CCC/C(=C\C(F)(F)P(=O)(O)CC)c1ccccc1. The fraction of sp³-hybridized carbons (Fsp3) is 0.429. The first-order valence-corrected chi connectivity index (χ1v) is 8.15. The standard InChI is InChI=1S/C14H19F2O2P/c1-3-8-13(12-9-6-5-7-10-12)11-14(15,16)19(17,18)4-2/h5-7,9-11H,3-4,8H2,1-2H3,(H,17,18)/b13-11+. The molecule has 0 fully saturated rings. The maximum absolute atomic E-state index is 13.9. The lowest BCUT2D eigenvalue weighted by molar-refractivity contribution is 0.130. The topological polar surface area (TPSA) is 37.3 Å². The molecule has 0 spiro atoms. The van der Waals surface area contributed by atoms with Crippen LogP contribution >= 0.6 is 7.37 Å². The highest BCUT2D eigenvalue weighted by Crippen LogP contribution is 2.57. The van der Waals surface area contributed by atoms with Crippen molar-refractivity contribution >= 4 is 12.9 Å². The number of allylic oxidation sites excluding steroid dienone is 2. The van der Waals surface area contributed by atoms with Crippen LogP contribution in [0.2, 0.25) is 0 Å². The zero-order valence-electron chi connectivity index (χ0n) is 11.1. The molecule has 1 N–H and O–H groups in total. The Labute approximate surface area is 112 Å². The van der Waals surface area contributed by atoms with Crippen LogP contribution in [0.5, 0.6) is 0 Å². The summed E-state index contributed by atoms with van der Waals surface area (Å²) >= 11 is 0. The third-order valence-electron chi connectivity index (χ3n) is 2.91. The molecule has 1 aromatic carbocycles. The number of halogens is 2. The zero-order chi connectivity index (χ0) is 14.5. The Morgan fingerprint density at radius 2 is 1.89 bits per heavy atom. The predicted octanol–water partition coefficient (Wildman–Crippen LogP) is 4.75. The molecule has 1 unspecified atom stereocenters. The van der Waals surface area contributed by atoms with Gasteiger partial charge in [0.05, 0.1) is 0 Å². The minimum Gasteiger partial charge on any atom is -0.340 e. The van der Waals surface area contributed by atoms with Crippen molar-refractivity contribution in [3.05, 3.63) is 42.0 Å². The molecule has 0 aliphatic carbocycles. The lowest BCUT2D eigenvalue weighted by atomic mass is 10.0. The van der Waals surface area contributed by atoms with Crippen LogP contribution in [0.25, 0.3) is 5.57 Å². The van der Waals surface area contributed by atoms with Crippen LogP contribution in [0, 0.1) is 0 Å². The summed E-state index contributed by atoms with van der Waals surface area (Å²) in [5.41, 5.74) is -2.60. The second kappa shape index (κ2) is 6.44. The molecule has 2 nitrogen and oxygen atoms in total. The predicted molar refractivity (Wildman–Crippen MR) is 74.6 cm³/mol. The van der Waals surface area contributed by atoms with Gasteiger partial charge in [-0.05, 0) is 23.6 Å². The number of hydrogen-bond donors (Lipinski definition) is 1. The van der Waals surface area contributed by atoms with E-state index in [1.54, 1.807) is 30.3 Å². The van der Waals surface area contributed by atoms with Gasteiger partial charge < -0.3 is 4.89 Å². The number of hydrogen-bond acceptors (Lipinski definition) is 1. The molecule has 0 aromatic heterocycles. The molecule has 1 aromatic rings. The fourth-order valence-electron chi connectivity index (χ4n) is 1.74. The molecule has 0 bridgehead atoms. The summed E-state index contributed by atoms with van der Waals surface area (Å²) in [5.74, 6) is 0. The lowest BCUT2D eigenvalue weighted by Gasteiger charge is -2.20. The first-order valence-electron chi connectivity index (χ1n) is 6.31. The molecule has 0 heterocycles. The molecule has 106 valence electrons. The van der Waals surface area contributed by atoms with Gasteiger partial charge >= 0.3 is 5.66 Å². The van der Waals surface area contributed by atoms with E-state index < -0.39 is 19.2 Å². The maximum Gasteiger partial charge on any atom is 0.340 e. The lowest BCUT2D eigenvalue weighted by Crippen LogP contribution is -2.15. The molecular formula is C14H19F2O2P. The Morgan fingerprint density at radius 3 is 2.37 bits per heavy atom. The summed E-state index contributed by atoms with van der Waals surface area (Å²) in [4.78, 5) is 9.38. The average molecular weight is 288 g/mol. The number of benzene rings is 1. The molecule has 5 heteroatoms. The largest absolute Gasteiger partial charge is 0.340 e. The first kappa shape index (κ1) is 16.1. The van der Waals surface area contributed by atoms with Gasteiger partial charge in [0, 0.05) is 6.16 Å². The van der Waals surface area contributed by atoms with E-state index in [0.29, 0.717) is 30.1 Å². The molecule has 0 aliphatic rings. The number of alkyl halides is 2. The van der Waals surface area contributed by atoms with Gasteiger partial charge in [-0.25, -0.2) is 0 Å². The third kappa shape index (κ3) is 3.99. The molecule has 19 heavy (non-hydrogen) atoms. The van der Waals surface area contributed by atoms with E-state index in [4.69, 9.17) is 0 Å². The second-order valence-electron chi connectivity index (χ2n) is 4.39. The van der Waals surface area contributed by atoms with Crippen LogP contribution in [0.15, 0.2) is 36.4 Å². The Bertz CT molecular complexity index is 483. The highest BCUT2D eigenvalue weighted by molar-refractivity contribution is 7.59. The maximum atomic E-state index is 13.9. The Kier molecular flexibility index (Phi) is 5.45. The minimum absolute atomic E-state index is 0.413. The van der Waals surface area contributed by atoms with E-state index in [0.717, 1.165) is 0 Å². The van der Waals surface area contributed by atoms with Crippen LogP contribution in [-0.4, -0.2) is 16.7 Å². The van der Waals surface area contributed by atoms with Crippen molar-refractivity contribution < 1.29 is 18.2 Å². The van der Waals surface area contributed by atoms with Gasteiger partial charge in [0.25, 0.3) is 7.37 Å². The molecule has 0 amide bonds. The molecule has 0 radical (unpaired) electrons. The number of rotatable bonds is 6. The van der Waals surface area contributed by atoms with Gasteiger partial charge in [0.1, 0.15) is 0 Å². The second-order valence-corrected chi connectivity index (χ2v) is 7.02. The van der Waals surface area contributed by atoms with Gasteiger partial charge in [-0.3, -0.25) is 4.57 Å². The van der Waals surface area contributed by atoms with Crippen LogP contribution < -0.4 is 0 Å². The van der Waals surface area contributed by atoms with Crippen LogP contribution in [0.1, 0.15) is 32.3 Å². The van der Waals surface area contributed by atoms with Crippen molar-refractivity contribution in [2.75, 3.05) is 6.16 Å². The summed E-state index contributed by atoms with van der Waals surface area (Å²) in [6, 6.07) is 8.77. The van der Waals surface area contributed by atoms with Gasteiger partial charge in [-0.15, -0.1) is 0 Å². The van der Waals surface area contributed by atoms with E-state index in [2.05, 4.69) is 0 Å². The van der Waals surface area contributed by atoms with Crippen molar-refractivity contribution in [3.8, 4) is 0 Å². The van der Waals surface area contributed by atoms with E-state index >= 15 is 0 Å². The summed E-state index contributed by atoms with van der Waals surface area (Å²) in [6.07, 6.45) is 1.36. The molecule has 0 saturated carbocycles.